The van der Waals surface area contributed by atoms with Gasteiger partial charge >= 0.3 is 0 Å². The highest BCUT2D eigenvalue weighted by Crippen LogP contribution is 2.21. The van der Waals surface area contributed by atoms with Gasteiger partial charge in [-0.15, -0.1) is 0 Å². The summed E-state index contributed by atoms with van der Waals surface area (Å²) < 4.78 is 0. The van der Waals surface area contributed by atoms with Crippen molar-refractivity contribution in [2.75, 3.05) is 23.4 Å². The maximum absolute atomic E-state index is 13.3. The molecule has 240 valence electrons. The first-order chi connectivity index (χ1) is 21.7. The fourth-order valence-corrected chi connectivity index (χ4v) is 6.14. The third kappa shape index (κ3) is 8.77. The largest absolute Gasteiger partial charge is 0.382 e. The first-order valence-electron chi connectivity index (χ1n) is 16.0. The van der Waals surface area contributed by atoms with Gasteiger partial charge in [-0.1, -0.05) is 38.5 Å². The minimum Gasteiger partial charge on any atom is -0.382 e. The molecule has 0 spiro atoms. The Balaban J connectivity index is 1.20. The lowest BCUT2D eigenvalue weighted by Gasteiger charge is -2.26. The highest BCUT2D eigenvalue weighted by atomic mass is 16.2. The monoisotopic (exact) mass is 616 g/mol. The fraction of sp³-hybridized carbons (Fsp3) is 0.531. The molecule has 3 amide bonds. The van der Waals surface area contributed by atoms with E-state index in [0.29, 0.717) is 29.0 Å². The Morgan fingerprint density at radius 2 is 1.53 bits per heavy atom. The molecule has 1 atom stereocenters. The minimum atomic E-state index is -0.808. The second-order valence-corrected chi connectivity index (χ2v) is 12.2. The highest BCUT2D eigenvalue weighted by molar-refractivity contribution is 5.98. The summed E-state index contributed by atoms with van der Waals surface area (Å²) in [5.41, 5.74) is 14.2. The van der Waals surface area contributed by atoms with E-state index < -0.39 is 6.04 Å². The minimum absolute atomic E-state index is 0.0413. The second-order valence-electron chi connectivity index (χ2n) is 12.2. The molecule has 0 radical (unpaired) electrons. The van der Waals surface area contributed by atoms with Gasteiger partial charge in [0, 0.05) is 36.8 Å². The summed E-state index contributed by atoms with van der Waals surface area (Å²) >= 11 is 0. The van der Waals surface area contributed by atoms with Crippen LogP contribution >= 0.6 is 0 Å². The number of nitrogens with one attached hydrogen (secondary N) is 3. The summed E-state index contributed by atoms with van der Waals surface area (Å²) in [6.07, 6.45) is 12.7. The van der Waals surface area contributed by atoms with Gasteiger partial charge in [-0.05, 0) is 56.4 Å². The topological polar surface area (TPSA) is 194 Å². The van der Waals surface area contributed by atoms with Gasteiger partial charge in [0.2, 0.25) is 17.8 Å². The van der Waals surface area contributed by atoms with Crippen molar-refractivity contribution in [3.63, 3.8) is 0 Å². The molecular formula is C32H44N10O3. The molecule has 2 heterocycles. The van der Waals surface area contributed by atoms with Gasteiger partial charge in [-0.3, -0.25) is 14.4 Å². The lowest BCUT2D eigenvalue weighted by Crippen LogP contribution is -2.50. The Morgan fingerprint density at radius 1 is 0.889 bits per heavy atom. The SMILES string of the molecule is CN(Cc1cnc2nc(N)nc(N)c2n1)c1ccc(C(=O)N[C@@H](CCC(=O)NC2CCCCC2)C(=O)NC2CCCCC2)cc1. The van der Waals surface area contributed by atoms with Gasteiger partial charge in [0.25, 0.3) is 5.91 Å². The number of nitrogen functional groups attached to an aromatic ring is 2. The highest BCUT2D eigenvalue weighted by Gasteiger charge is 2.26. The van der Waals surface area contributed by atoms with E-state index in [1.807, 2.05) is 24.1 Å². The van der Waals surface area contributed by atoms with Crippen LogP contribution in [0.3, 0.4) is 0 Å². The number of nitrogens with zero attached hydrogens (tertiary/aromatic N) is 5. The summed E-state index contributed by atoms with van der Waals surface area (Å²) in [6.45, 7) is 0.421. The van der Waals surface area contributed by atoms with Crippen molar-refractivity contribution in [2.24, 2.45) is 0 Å². The quantitative estimate of drug-likeness (QED) is 0.214. The number of amides is 3. The van der Waals surface area contributed by atoms with Crippen LogP contribution in [0.4, 0.5) is 17.5 Å². The number of carbonyl (C=O) groups is 3. The lowest BCUT2D eigenvalue weighted by atomic mass is 9.95. The maximum atomic E-state index is 13.3. The number of hydrogen-bond acceptors (Lipinski definition) is 10. The number of rotatable bonds is 11. The standard InChI is InChI=1S/C32H44N10O3/c1-42(19-23-18-35-29-27(37-23)28(33)40-32(34)41-29)24-14-12-20(13-15-24)30(44)39-25(31(45)38-22-10-6-3-7-11-22)16-17-26(43)36-21-8-4-2-5-9-21/h12-15,18,21-22,25H,2-11,16-17,19H2,1H3,(H,36,43)(H,38,45)(H,39,44)(H4,33,34,35,40,41)/t25-/m0/s1. The predicted octanol–water partition coefficient (Wildman–Crippen LogP) is 3.00. The summed E-state index contributed by atoms with van der Waals surface area (Å²) in [6, 6.07) is 6.59. The second kappa shape index (κ2) is 15.0. The third-order valence-corrected chi connectivity index (χ3v) is 8.67. The molecule has 2 aliphatic carbocycles. The van der Waals surface area contributed by atoms with E-state index in [1.54, 1.807) is 18.3 Å². The summed E-state index contributed by atoms with van der Waals surface area (Å²) in [4.78, 5) is 58.2. The zero-order chi connectivity index (χ0) is 31.8. The average Bonchev–Trinajstić information content (AvgIpc) is 3.04. The Labute approximate surface area is 263 Å². The molecule has 1 aromatic carbocycles. The van der Waals surface area contributed by atoms with Crippen LogP contribution < -0.4 is 32.3 Å². The van der Waals surface area contributed by atoms with Gasteiger partial charge < -0.3 is 32.3 Å². The van der Waals surface area contributed by atoms with Crippen molar-refractivity contribution in [3.05, 3.63) is 41.7 Å². The Morgan fingerprint density at radius 3 is 2.20 bits per heavy atom. The molecule has 45 heavy (non-hydrogen) atoms. The van der Waals surface area contributed by atoms with Crippen molar-refractivity contribution in [1.29, 1.82) is 0 Å². The van der Waals surface area contributed by atoms with E-state index in [-0.39, 0.29) is 54.4 Å². The molecule has 2 aliphatic rings. The zero-order valence-corrected chi connectivity index (χ0v) is 25.9. The van der Waals surface area contributed by atoms with Crippen LogP contribution in [-0.2, 0) is 16.1 Å². The molecule has 2 fully saturated rings. The predicted molar refractivity (Wildman–Crippen MR) is 173 cm³/mol. The summed E-state index contributed by atoms with van der Waals surface area (Å²) in [5.74, 6) is -0.465. The molecule has 0 saturated heterocycles. The molecule has 7 N–H and O–H groups in total. The average molecular weight is 617 g/mol. The third-order valence-electron chi connectivity index (χ3n) is 8.67. The van der Waals surface area contributed by atoms with E-state index >= 15 is 0 Å². The van der Waals surface area contributed by atoms with E-state index in [9.17, 15) is 14.4 Å². The maximum Gasteiger partial charge on any atom is 0.251 e. The lowest BCUT2D eigenvalue weighted by molar-refractivity contribution is -0.125. The van der Waals surface area contributed by atoms with Crippen molar-refractivity contribution < 1.29 is 14.4 Å². The number of benzene rings is 1. The molecule has 2 saturated carbocycles. The molecule has 0 aliphatic heterocycles. The van der Waals surface area contributed by atoms with Gasteiger partial charge in [-0.2, -0.15) is 9.97 Å². The Kier molecular flexibility index (Phi) is 10.6. The van der Waals surface area contributed by atoms with Gasteiger partial charge in [0.1, 0.15) is 6.04 Å². The molecule has 0 unspecified atom stereocenters. The summed E-state index contributed by atoms with van der Waals surface area (Å²) in [7, 11) is 1.90. The van der Waals surface area contributed by atoms with Gasteiger partial charge in [0.15, 0.2) is 17.0 Å². The van der Waals surface area contributed by atoms with E-state index in [4.69, 9.17) is 11.5 Å². The normalized spacial score (nSPS) is 16.6. The van der Waals surface area contributed by atoms with Gasteiger partial charge in [-0.25, -0.2) is 9.97 Å². The van der Waals surface area contributed by atoms with Crippen LogP contribution in [0.5, 0.6) is 0 Å². The molecule has 13 nitrogen and oxygen atoms in total. The van der Waals surface area contributed by atoms with Gasteiger partial charge in [0.05, 0.1) is 18.4 Å². The molecule has 5 rings (SSSR count). The Bertz CT molecular complexity index is 1490. The van der Waals surface area contributed by atoms with Crippen LogP contribution in [-0.4, -0.2) is 62.8 Å². The van der Waals surface area contributed by atoms with Crippen LogP contribution in [0.2, 0.25) is 0 Å². The number of anilines is 3. The van der Waals surface area contributed by atoms with E-state index in [1.165, 1.54) is 12.8 Å². The number of fused-ring (bicyclic) bond motifs is 1. The molecule has 0 bridgehead atoms. The Hall–Kier alpha value is -4.55. The smallest absolute Gasteiger partial charge is 0.251 e. The molecule has 3 aromatic rings. The molecule has 13 heteroatoms. The van der Waals surface area contributed by atoms with E-state index in [2.05, 4.69) is 35.9 Å². The number of aromatic nitrogens is 4. The van der Waals surface area contributed by atoms with Crippen molar-refractivity contribution in [1.82, 2.24) is 35.9 Å². The molecular weight excluding hydrogens is 572 g/mol. The fourth-order valence-electron chi connectivity index (χ4n) is 6.14. The number of hydrogen-bond donors (Lipinski definition) is 5. The first-order valence-corrected chi connectivity index (χ1v) is 16.0. The van der Waals surface area contributed by atoms with Crippen molar-refractivity contribution in [3.8, 4) is 0 Å². The van der Waals surface area contributed by atoms with Crippen molar-refractivity contribution >= 4 is 46.3 Å². The summed E-state index contributed by atoms with van der Waals surface area (Å²) in [5, 5.41) is 9.13. The zero-order valence-electron chi connectivity index (χ0n) is 25.9. The number of carbonyl (C=O) groups excluding carboxylic acids is 3. The van der Waals surface area contributed by atoms with Crippen LogP contribution in [0, 0.1) is 0 Å². The van der Waals surface area contributed by atoms with Crippen LogP contribution in [0.25, 0.3) is 11.2 Å². The number of nitrogens with two attached hydrogens (primary N) is 2. The van der Waals surface area contributed by atoms with Crippen molar-refractivity contribution in [2.45, 2.75) is 102 Å². The van der Waals surface area contributed by atoms with E-state index in [0.717, 1.165) is 57.1 Å². The van der Waals surface area contributed by atoms with Crippen LogP contribution in [0.15, 0.2) is 30.5 Å². The van der Waals surface area contributed by atoms with Crippen LogP contribution in [0.1, 0.15) is 93.1 Å². The molecule has 2 aromatic heterocycles. The first kappa shape index (κ1) is 31.9.